The van der Waals surface area contributed by atoms with E-state index in [1.165, 1.54) is 6.20 Å². The second-order valence-electron chi connectivity index (χ2n) is 8.48. The van der Waals surface area contributed by atoms with Crippen LogP contribution in [0.4, 0.5) is 11.4 Å². The van der Waals surface area contributed by atoms with Crippen molar-refractivity contribution in [3.63, 3.8) is 0 Å². The maximum absolute atomic E-state index is 5.79. The van der Waals surface area contributed by atoms with E-state index in [4.69, 9.17) is 20.2 Å². The van der Waals surface area contributed by atoms with Crippen molar-refractivity contribution < 1.29 is 9.47 Å². The Labute approximate surface area is 200 Å². The van der Waals surface area contributed by atoms with Gasteiger partial charge in [-0.05, 0) is 32.0 Å². The van der Waals surface area contributed by atoms with Gasteiger partial charge in [0, 0.05) is 74.1 Å². The van der Waals surface area contributed by atoms with E-state index >= 15 is 0 Å². The van der Waals surface area contributed by atoms with Gasteiger partial charge in [-0.3, -0.25) is 14.9 Å². The van der Waals surface area contributed by atoms with E-state index in [-0.39, 0.29) is 0 Å². The monoisotopic (exact) mass is 460 g/mol. The molecule has 3 aromatic rings. The molecule has 2 N–H and O–H groups in total. The molecule has 2 heterocycles. The Morgan fingerprint density at radius 3 is 2.62 bits per heavy atom. The third kappa shape index (κ3) is 4.54. The number of aliphatic imine (C=N–C) groups is 1. The van der Waals surface area contributed by atoms with E-state index in [0.29, 0.717) is 11.7 Å². The highest BCUT2D eigenvalue weighted by molar-refractivity contribution is 6.09. The predicted molar refractivity (Wildman–Crippen MR) is 138 cm³/mol. The number of methoxy groups -OCH3 is 2. The Hall–Kier alpha value is -3.65. The molecule has 0 aliphatic carbocycles. The second-order valence-corrected chi connectivity index (χ2v) is 8.48. The molecule has 34 heavy (non-hydrogen) atoms. The number of hydrogen-bond acceptors (Lipinski definition) is 8. The minimum atomic E-state index is 0.409. The zero-order chi connectivity index (χ0) is 24.2. The standard InChI is InChI=1S/C26H32N6O2/c1-17(2)31-8-9-32(25-11-20(33-4)12-26(34-5)21(25)16-31)19-6-7-22-23(10-19)30-24(15-29-22)18(13-27)14-28-3/h6-7,10-15,17H,8-9,16,27H2,1-5H3. The van der Waals surface area contributed by atoms with Crippen LogP contribution in [0, 0.1) is 0 Å². The Bertz CT molecular complexity index is 1240. The van der Waals surface area contributed by atoms with Crippen molar-refractivity contribution in [3.05, 3.63) is 54.0 Å². The van der Waals surface area contributed by atoms with Gasteiger partial charge in [0.2, 0.25) is 0 Å². The Morgan fingerprint density at radius 1 is 1.12 bits per heavy atom. The quantitative estimate of drug-likeness (QED) is 0.556. The summed E-state index contributed by atoms with van der Waals surface area (Å²) in [7, 11) is 5.09. The summed E-state index contributed by atoms with van der Waals surface area (Å²) in [5.41, 5.74) is 12.1. The number of benzene rings is 2. The normalized spacial score (nSPS) is 15.1. The Kier molecular flexibility index (Phi) is 6.98. The zero-order valence-corrected chi connectivity index (χ0v) is 20.4. The van der Waals surface area contributed by atoms with E-state index in [2.05, 4.69) is 51.8 Å². The summed E-state index contributed by atoms with van der Waals surface area (Å²) in [6, 6.07) is 10.6. The lowest BCUT2D eigenvalue weighted by molar-refractivity contribution is 0.221. The van der Waals surface area contributed by atoms with Crippen molar-refractivity contribution >= 4 is 34.2 Å². The van der Waals surface area contributed by atoms with E-state index < -0.39 is 0 Å². The summed E-state index contributed by atoms with van der Waals surface area (Å²) in [6.45, 7) is 6.97. The zero-order valence-electron chi connectivity index (χ0n) is 20.4. The summed E-state index contributed by atoms with van der Waals surface area (Å²) in [6.07, 6.45) is 4.90. The number of nitrogens with zero attached hydrogens (tertiary/aromatic N) is 5. The Morgan fingerprint density at radius 2 is 1.94 bits per heavy atom. The molecule has 0 bridgehead atoms. The molecule has 8 nitrogen and oxygen atoms in total. The lowest BCUT2D eigenvalue weighted by atomic mass is 10.1. The van der Waals surface area contributed by atoms with Gasteiger partial charge >= 0.3 is 0 Å². The van der Waals surface area contributed by atoms with Gasteiger partial charge in [-0.15, -0.1) is 0 Å². The van der Waals surface area contributed by atoms with Crippen LogP contribution in [0.15, 0.2) is 47.7 Å². The number of allylic oxidation sites excluding steroid dienone is 1. The van der Waals surface area contributed by atoms with Gasteiger partial charge in [0.25, 0.3) is 0 Å². The van der Waals surface area contributed by atoms with E-state index in [1.54, 1.807) is 33.7 Å². The molecule has 0 amide bonds. The van der Waals surface area contributed by atoms with Gasteiger partial charge in [0.15, 0.2) is 0 Å². The average Bonchev–Trinajstić information content (AvgIpc) is 3.06. The highest BCUT2D eigenvalue weighted by Crippen LogP contribution is 2.41. The molecule has 2 aromatic carbocycles. The number of fused-ring (bicyclic) bond motifs is 2. The minimum absolute atomic E-state index is 0.409. The summed E-state index contributed by atoms with van der Waals surface area (Å²) >= 11 is 0. The van der Waals surface area contributed by atoms with Gasteiger partial charge in [-0.2, -0.15) is 0 Å². The van der Waals surface area contributed by atoms with Crippen LogP contribution in [0.1, 0.15) is 25.1 Å². The summed E-state index contributed by atoms with van der Waals surface area (Å²) in [4.78, 5) is 18.2. The summed E-state index contributed by atoms with van der Waals surface area (Å²) < 4.78 is 11.4. The largest absolute Gasteiger partial charge is 0.497 e. The molecule has 0 unspecified atom stereocenters. The van der Waals surface area contributed by atoms with E-state index in [9.17, 15) is 0 Å². The number of ether oxygens (including phenoxy) is 2. The third-order valence-corrected chi connectivity index (χ3v) is 6.19. The van der Waals surface area contributed by atoms with Crippen LogP contribution in [-0.4, -0.2) is 61.5 Å². The second kappa shape index (κ2) is 10.1. The first-order valence-electron chi connectivity index (χ1n) is 11.4. The number of hydrogen-bond donors (Lipinski definition) is 1. The minimum Gasteiger partial charge on any atom is -0.497 e. The fraction of sp³-hybridized carbons (Fsp3) is 0.346. The van der Waals surface area contributed by atoms with E-state index in [1.807, 2.05) is 12.1 Å². The molecule has 0 atom stereocenters. The first kappa shape index (κ1) is 23.5. The first-order valence-corrected chi connectivity index (χ1v) is 11.4. The van der Waals surface area contributed by atoms with Crippen LogP contribution in [0.25, 0.3) is 16.6 Å². The number of nitrogens with two attached hydrogens (primary N) is 1. The van der Waals surface area contributed by atoms with Crippen LogP contribution in [0.3, 0.4) is 0 Å². The smallest absolute Gasteiger partial charge is 0.129 e. The van der Waals surface area contributed by atoms with Crippen LogP contribution < -0.4 is 20.1 Å². The molecule has 4 rings (SSSR count). The maximum Gasteiger partial charge on any atom is 0.129 e. The Balaban J connectivity index is 1.85. The van der Waals surface area contributed by atoms with E-state index in [0.717, 1.165) is 64.7 Å². The van der Waals surface area contributed by atoms with Crippen molar-refractivity contribution in [3.8, 4) is 11.5 Å². The average molecular weight is 461 g/mol. The summed E-state index contributed by atoms with van der Waals surface area (Å²) in [5, 5.41) is 0. The maximum atomic E-state index is 5.79. The number of anilines is 2. The van der Waals surface area contributed by atoms with Crippen molar-refractivity contribution in [2.24, 2.45) is 10.7 Å². The molecule has 1 aromatic heterocycles. The molecular weight excluding hydrogens is 428 g/mol. The predicted octanol–water partition coefficient (Wildman–Crippen LogP) is 4.01. The molecule has 0 spiro atoms. The number of aromatic nitrogens is 2. The van der Waals surface area contributed by atoms with Crippen molar-refractivity contribution in [2.75, 3.05) is 39.3 Å². The molecule has 8 heteroatoms. The molecule has 178 valence electrons. The topological polar surface area (TPSA) is 89.1 Å². The third-order valence-electron chi connectivity index (χ3n) is 6.19. The fourth-order valence-electron chi connectivity index (χ4n) is 4.29. The lowest BCUT2D eigenvalue weighted by Crippen LogP contribution is -2.34. The van der Waals surface area contributed by atoms with Gasteiger partial charge in [-0.25, -0.2) is 4.98 Å². The number of rotatable bonds is 6. The molecular formula is C26H32N6O2. The van der Waals surface area contributed by atoms with Gasteiger partial charge in [0.1, 0.15) is 11.5 Å². The van der Waals surface area contributed by atoms with Gasteiger partial charge < -0.3 is 20.1 Å². The molecule has 0 saturated carbocycles. The fourth-order valence-corrected chi connectivity index (χ4v) is 4.29. The molecule has 1 aliphatic rings. The molecule has 1 aliphatic heterocycles. The first-order chi connectivity index (χ1) is 16.5. The van der Waals surface area contributed by atoms with Crippen LogP contribution in [-0.2, 0) is 6.54 Å². The van der Waals surface area contributed by atoms with Crippen molar-refractivity contribution in [1.29, 1.82) is 0 Å². The lowest BCUT2D eigenvalue weighted by Gasteiger charge is -2.26. The molecule has 0 radical (unpaired) electrons. The highest BCUT2D eigenvalue weighted by atomic mass is 16.5. The SMILES string of the molecule is CN=CC(=CN)c1cnc2ccc(N3CCN(C(C)C)Cc4c(OC)cc(OC)cc43)cc2n1. The van der Waals surface area contributed by atoms with Crippen LogP contribution in [0.5, 0.6) is 11.5 Å². The van der Waals surface area contributed by atoms with Gasteiger partial charge in [0.05, 0.1) is 42.8 Å². The summed E-state index contributed by atoms with van der Waals surface area (Å²) in [5.74, 6) is 1.59. The van der Waals surface area contributed by atoms with Crippen molar-refractivity contribution in [2.45, 2.75) is 26.4 Å². The highest BCUT2D eigenvalue weighted by Gasteiger charge is 2.26. The molecule has 0 saturated heterocycles. The van der Waals surface area contributed by atoms with Crippen molar-refractivity contribution in [1.82, 2.24) is 14.9 Å². The van der Waals surface area contributed by atoms with Gasteiger partial charge in [-0.1, -0.05) is 0 Å². The van der Waals surface area contributed by atoms with Crippen LogP contribution >= 0.6 is 0 Å². The van der Waals surface area contributed by atoms with Crippen LogP contribution in [0.2, 0.25) is 0 Å². The molecule has 0 fully saturated rings.